The maximum Gasteiger partial charge on any atom is 0.417 e. The van der Waals surface area contributed by atoms with Gasteiger partial charge in [-0.1, -0.05) is 11.6 Å². The first-order valence-electron chi connectivity index (χ1n) is 9.06. The summed E-state index contributed by atoms with van der Waals surface area (Å²) in [4.78, 5) is 7.53. The van der Waals surface area contributed by atoms with Gasteiger partial charge in [0.15, 0.2) is 5.65 Å². The van der Waals surface area contributed by atoms with Crippen molar-refractivity contribution >= 4 is 40.5 Å². The molecule has 4 heterocycles. The van der Waals surface area contributed by atoms with E-state index in [9.17, 15) is 22.0 Å². The molecular formula is C17H14Cl2F5N7. The number of halogens is 7. The molecule has 0 unspecified atom stereocenters. The van der Waals surface area contributed by atoms with Crippen LogP contribution >= 0.6 is 23.2 Å². The van der Waals surface area contributed by atoms with Crippen molar-refractivity contribution in [3.05, 3.63) is 40.8 Å². The fourth-order valence-electron chi connectivity index (χ4n) is 3.30. The first kappa shape index (κ1) is 21.8. The third-order valence-electron chi connectivity index (χ3n) is 4.77. The Morgan fingerprint density at radius 1 is 0.935 bits per heavy atom. The quantitative estimate of drug-likeness (QED) is 0.412. The highest BCUT2D eigenvalue weighted by atomic mass is 35.5. The van der Waals surface area contributed by atoms with E-state index < -0.39 is 22.9 Å². The number of fused-ring (bicyclic) bond motifs is 1. The van der Waals surface area contributed by atoms with Gasteiger partial charge in [-0.25, -0.2) is 4.98 Å². The summed E-state index contributed by atoms with van der Waals surface area (Å²) in [5, 5.41) is 7.39. The molecule has 0 saturated carbocycles. The summed E-state index contributed by atoms with van der Waals surface area (Å²) >= 11 is 11.1. The molecule has 1 fully saturated rings. The molecule has 1 aliphatic heterocycles. The largest absolute Gasteiger partial charge is 0.417 e. The Balaban J connectivity index is 1.55. The molecule has 0 bridgehead atoms. The van der Waals surface area contributed by atoms with Crippen LogP contribution in [0.15, 0.2) is 24.4 Å². The molecule has 0 aromatic carbocycles. The van der Waals surface area contributed by atoms with Crippen molar-refractivity contribution in [2.45, 2.75) is 18.0 Å². The van der Waals surface area contributed by atoms with Crippen LogP contribution in [0.3, 0.4) is 0 Å². The lowest BCUT2D eigenvalue weighted by Gasteiger charge is -2.24. The molecule has 3 aromatic rings. The Morgan fingerprint density at radius 2 is 1.65 bits per heavy atom. The highest BCUT2D eigenvalue weighted by molar-refractivity contribution is 6.33. The Labute approximate surface area is 182 Å². The third kappa shape index (κ3) is 4.45. The second-order valence-corrected chi connectivity index (χ2v) is 7.72. The Morgan fingerprint density at radius 3 is 2.32 bits per heavy atom. The van der Waals surface area contributed by atoms with Crippen LogP contribution in [0.5, 0.6) is 0 Å². The highest BCUT2D eigenvalue weighted by Crippen LogP contribution is 2.34. The van der Waals surface area contributed by atoms with Crippen molar-refractivity contribution in [2.75, 3.05) is 36.0 Å². The van der Waals surface area contributed by atoms with Crippen molar-refractivity contribution < 1.29 is 22.0 Å². The Kier molecular flexibility index (Phi) is 5.54. The van der Waals surface area contributed by atoms with Gasteiger partial charge in [-0.3, -0.25) is 0 Å². The average Bonchev–Trinajstić information content (AvgIpc) is 2.97. The summed E-state index contributed by atoms with van der Waals surface area (Å²) in [6, 6.07) is 3.97. The number of aromatic nitrogens is 5. The van der Waals surface area contributed by atoms with Crippen molar-refractivity contribution in [3.63, 3.8) is 0 Å². The van der Waals surface area contributed by atoms with Crippen molar-refractivity contribution in [2.24, 2.45) is 0 Å². The van der Waals surface area contributed by atoms with E-state index in [-0.39, 0.29) is 16.5 Å². The van der Waals surface area contributed by atoms with Gasteiger partial charge in [0.2, 0.25) is 5.82 Å². The number of alkyl halides is 6. The zero-order valence-electron chi connectivity index (χ0n) is 15.6. The summed E-state index contributed by atoms with van der Waals surface area (Å²) in [6.45, 7) is 1.82. The second-order valence-electron chi connectivity index (χ2n) is 6.84. The lowest BCUT2D eigenvalue weighted by molar-refractivity contribution is -0.137. The van der Waals surface area contributed by atoms with Crippen molar-refractivity contribution in [1.82, 2.24) is 24.8 Å². The first-order chi connectivity index (χ1) is 14.5. The summed E-state index contributed by atoms with van der Waals surface area (Å²) < 4.78 is 66.5. The van der Waals surface area contributed by atoms with E-state index in [4.69, 9.17) is 23.2 Å². The topological polar surface area (TPSA) is 62.5 Å². The summed E-state index contributed by atoms with van der Waals surface area (Å²) in [5.74, 6) is -0.131. The summed E-state index contributed by atoms with van der Waals surface area (Å²) in [6.07, 6.45) is -3.17. The molecule has 0 radical (unpaired) electrons. The highest BCUT2D eigenvalue weighted by Gasteiger charge is 2.35. The molecule has 31 heavy (non-hydrogen) atoms. The minimum atomic E-state index is -4.53. The average molecular weight is 482 g/mol. The predicted octanol–water partition coefficient (Wildman–Crippen LogP) is 4.20. The van der Waals surface area contributed by atoms with Gasteiger partial charge in [-0.15, -0.1) is 15.3 Å². The zero-order valence-corrected chi connectivity index (χ0v) is 17.1. The Hall–Kier alpha value is -2.47. The molecule has 1 aliphatic rings. The number of hydrogen-bond acceptors (Lipinski definition) is 6. The summed E-state index contributed by atoms with van der Waals surface area (Å²) in [7, 11) is 0. The van der Waals surface area contributed by atoms with E-state index in [1.807, 2.05) is 4.90 Å². The van der Waals surface area contributed by atoms with Crippen LogP contribution in [0.25, 0.3) is 5.65 Å². The molecule has 166 valence electrons. The predicted molar refractivity (Wildman–Crippen MR) is 104 cm³/mol. The van der Waals surface area contributed by atoms with Gasteiger partial charge in [-0.2, -0.15) is 26.5 Å². The van der Waals surface area contributed by atoms with Gasteiger partial charge in [0.05, 0.1) is 10.6 Å². The van der Waals surface area contributed by atoms with Crippen LogP contribution < -0.4 is 9.80 Å². The van der Waals surface area contributed by atoms with E-state index in [2.05, 4.69) is 20.3 Å². The molecular weight excluding hydrogens is 468 g/mol. The number of nitrogens with zero attached hydrogens (tertiary/aromatic N) is 7. The Bertz CT molecular complexity index is 1100. The second kappa shape index (κ2) is 7.90. The molecule has 14 heteroatoms. The molecule has 4 rings (SSSR count). The normalized spacial score (nSPS) is 16.1. The fraction of sp³-hybridized carbons (Fsp3) is 0.412. The number of pyridine rings is 1. The molecule has 3 aromatic heterocycles. The zero-order chi connectivity index (χ0) is 22.4. The van der Waals surface area contributed by atoms with E-state index >= 15 is 0 Å². The van der Waals surface area contributed by atoms with Gasteiger partial charge >= 0.3 is 11.6 Å². The fourth-order valence-corrected chi connectivity index (χ4v) is 3.71. The van der Waals surface area contributed by atoms with Crippen molar-refractivity contribution in [1.29, 1.82) is 0 Å². The van der Waals surface area contributed by atoms with Crippen LogP contribution in [0.4, 0.5) is 33.6 Å². The van der Waals surface area contributed by atoms with Crippen LogP contribution in [0, 0.1) is 0 Å². The van der Waals surface area contributed by atoms with E-state index in [0.29, 0.717) is 38.4 Å². The number of anilines is 2. The lowest BCUT2D eigenvalue weighted by Crippen LogP contribution is -2.32. The summed E-state index contributed by atoms with van der Waals surface area (Å²) in [5.41, 5.74) is -0.799. The maximum atomic E-state index is 13.5. The molecule has 7 nitrogen and oxygen atoms in total. The third-order valence-corrected chi connectivity index (χ3v) is 5.22. The van der Waals surface area contributed by atoms with Gasteiger partial charge in [0, 0.05) is 32.4 Å². The molecule has 0 atom stereocenters. The van der Waals surface area contributed by atoms with Crippen molar-refractivity contribution in [3.8, 4) is 0 Å². The van der Waals surface area contributed by atoms with Gasteiger partial charge < -0.3 is 9.80 Å². The minimum absolute atomic E-state index is 0.0960. The van der Waals surface area contributed by atoms with Crippen LogP contribution in [0.2, 0.25) is 5.02 Å². The molecule has 0 N–H and O–H groups in total. The van der Waals surface area contributed by atoms with E-state index in [0.717, 1.165) is 16.8 Å². The standard InChI is InChI=1S/C17H14Cl2F5N7/c18-11-8-10(17(22,23)24)9-25-14(11)30-5-1-4-29(6-7-30)13-3-2-12-26-27-15(16(19,20)21)31(12)28-13/h2-3,8-9H,1,4-7H2. The monoisotopic (exact) mass is 481 g/mol. The molecule has 0 amide bonds. The molecule has 0 aliphatic carbocycles. The number of rotatable bonds is 3. The lowest BCUT2D eigenvalue weighted by atomic mass is 10.2. The molecule has 0 spiro atoms. The number of hydrogen-bond donors (Lipinski definition) is 0. The van der Waals surface area contributed by atoms with Crippen LogP contribution in [-0.2, 0) is 11.6 Å². The smallest absolute Gasteiger partial charge is 0.354 e. The van der Waals surface area contributed by atoms with Gasteiger partial charge in [0.25, 0.3) is 0 Å². The molecule has 1 saturated heterocycles. The van der Waals surface area contributed by atoms with E-state index in [1.54, 1.807) is 11.0 Å². The van der Waals surface area contributed by atoms with E-state index in [1.165, 1.54) is 6.07 Å². The van der Waals surface area contributed by atoms with Crippen LogP contribution in [0.1, 0.15) is 17.8 Å². The van der Waals surface area contributed by atoms with Gasteiger partial charge in [-0.05, 0) is 36.2 Å². The van der Waals surface area contributed by atoms with Crippen LogP contribution in [-0.4, -0.2) is 51.0 Å². The minimum Gasteiger partial charge on any atom is -0.354 e. The van der Waals surface area contributed by atoms with Gasteiger partial charge in [0.1, 0.15) is 11.6 Å². The first-order valence-corrected chi connectivity index (χ1v) is 9.82. The maximum absolute atomic E-state index is 13.5. The SMILES string of the molecule is FC(F)(F)c1cnc(N2CCCN(c3ccc4nnc(C(F)(F)Cl)n4n3)CC2)c(Cl)c1.